The quantitative estimate of drug-likeness (QED) is 0.328. The molecule has 2 rings (SSSR count). The van der Waals surface area contributed by atoms with Gasteiger partial charge in [0.25, 0.3) is 0 Å². The summed E-state index contributed by atoms with van der Waals surface area (Å²) in [6, 6.07) is -2.03. The van der Waals surface area contributed by atoms with E-state index in [0.29, 0.717) is 0 Å². The lowest BCUT2D eigenvalue weighted by Gasteiger charge is -2.52. The summed E-state index contributed by atoms with van der Waals surface area (Å²) in [5.41, 5.74) is 2.44. The van der Waals surface area contributed by atoms with Crippen molar-refractivity contribution >= 4 is 35.1 Å². The van der Waals surface area contributed by atoms with Gasteiger partial charge >= 0.3 is 5.97 Å². The molecule has 26 heavy (non-hydrogen) atoms. The van der Waals surface area contributed by atoms with Crippen molar-refractivity contribution < 1.29 is 29.6 Å². The van der Waals surface area contributed by atoms with Crippen LogP contribution in [0.4, 0.5) is 0 Å². The van der Waals surface area contributed by atoms with Gasteiger partial charge in [0.2, 0.25) is 5.91 Å². The van der Waals surface area contributed by atoms with Gasteiger partial charge in [0.15, 0.2) is 5.60 Å². The molecule has 1 amide bonds. The number of fused-ring (bicyclic) bond motifs is 1. The maximum atomic E-state index is 12.6. The summed E-state index contributed by atoms with van der Waals surface area (Å²) in [6.45, 7) is 5.79. The third kappa shape index (κ3) is 3.07. The smallest absolute Gasteiger partial charge is 0.338 e. The normalized spacial score (nSPS) is 37.8. The predicted molar refractivity (Wildman–Crippen MR) is 94.5 cm³/mol. The first kappa shape index (κ1) is 21.2. The summed E-state index contributed by atoms with van der Waals surface area (Å²) in [7, 11) is 0. The molecule has 6 N–H and O–H groups in total. The highest BCUT2D eigenvalue weighted by atomic mass is 35.5. The first-order valence-corrected chi connectivity index (χ1v) is 9.01. The van der Waals surface area contributed by atoms with Crippen LogP contribution >= 0.6 is 23.2 Å². The van der Waals surface area contributed by atoms with Crippen LogP contribution in [-0.4, -0.2) is 61.9 Å². The van der Waals surface area contributed by atoms with Crippen molar-refractivity contribution in [2.75, 3.05) is 0 Å². The Morgan fingerprint density at radius 2 is 1.85 bits per heavy atom. The number of ether oxygens (including phenoxy) is 1. The van der Waals surface area contributed by atoms with Crippen LogP contribution in [0.15, 0.2) is 11.3 Å². The molecule has 8 nitrogen and oxygen atoms in total. The zero-order valence-electron chi connectivity index (χ0n) is 14.9. The summed E-state index contributed by atoms with van der Waals surface area (Å²) in [6.07, 6.45) is -2.90. The monoisotopic (exact) mass is 410 g/mol. The summed E-state index contributed by atoms with van der Waals surface area (Å²) in [5, 5.41) is 34.3. The van der Waals surface area contributed by atoms with Crippen molar-refractivity contribution in [3.8, 4) is 0 Å². The van der Waals surface area contributed by atoms with Gasteiger partial charge in [-0.15, -0.1) is 23.2 Å². The molecule has 0 unspecified atom stereocenters. The largest absolute Gasteiger partial charge is 0.511 e. The number of hydrogen-bond acceptors (Lipinski definition) is 7. The number of esters is 1. The number of cyclic esters (lactones) is 1. The molecule has 6 atom stereocenters. The van der Waals surface area contributed by atoms with Crippen molar-refractivity contribution in [2.45, 2.75) is 62.4 Å². The Hall–Kier alpha value is -1.06. The minimum atomic E-state index is -1.62. The fourth-order valence-corrected chi connectivity index (χ4v) is 3.77. The van der Waals surface area contributed by atoms with Gasteiger partial charge in [0, 0.05) is 5.92 Å². The van der Waals surface area contributed by atoms with Crippen LogP contribution in [0.2, 0.25) is 0 Å². The molecule has 1 aliphatic carbocycles. The number of hydrogen-bond donors (Lipinski definition) is 5. The van der Waals surface area contributed by atoms with E-state index in [0.717, 1.165) is 0 Å². The Morgan fingerprint density at radius 1 is 1.31 bits per heavy atom. The van der Waals surface area contributed by atoms with Gasteiger partial charge in [-0.3, -0.25) is 4.79 Å². The van der Waals surface area contributed by atoms with E-state index in [1.165, 1.54) is 27.7 Å². The summed E-state index contributed by atoms with van der Waals surface area (Å²) in [5.74, 6) is -3.13. The summed E-state index contributed by atoms with van der Waals surface area (Å²) >= 11 is 12.0. The van der Waals surface area contributed by atoms with Crippen LogP contribution in [-0.2, 0) is 14.3 Å². The first-order chi connectivity index (χ1) is 11.8. The Kier molecular flexibility index (Phi) is 5.58. The third-order valence-corrected chi connectivity index (χ3v) is 6.15. The molecule has 0 radical (unpaired) electrons. The molecule has 0 aromatic heterocycles. The minimum absolute atomic E-state index is 0.228. The Labute approximate surface area is 161 Å². The topological polar surface area (TPSA) is 142 Å². The second-order valence-electron chi connectivity index (χ2n) is 7.59. The SMILES string of the molecule is C[C@H](N)C(=O)N[C@@H]1[C@H]2C(=C(O)C(C)(C)[C@@H](O)[C@@H]2O)C(=O)O[C@]1(C)C(Cl)Cl. The number of aliphatic hydroxyl groups is 3. The van der Waals surface area contributed by atoms with E-state index < -0.39 is 63.7 Å². The van der Waals surface area contributed by atoms with Crippen LogP contribution < -0.4 is 11.1 Å². The number of carbonyl (C=O) groups excluding carboxylic acids is 2. The van der Waals surface area contributed by atoms with E-state index in [4.69, 9.17) is 33.7 Å². The fraction of sp³-hybridized carbons (Fsp3) is 0.750. The highest BCUT2D eigenvalue weighted by molar-refractivity contribution is 6.45. The molecule has 0 aromatic carbocycles. The Bertz CT molecular complexity index is 651. The fourth-order valence-electron chi connectivity index (χ4n) is 3.41. The summed E-state index contributed by atoms with van der Waals surface area (Å²) < 4.78 is 5.38. The molecule has 2 aliphatic rings. The van der Waals surface area contributed by atoms with E-state index in [1.54, 1.807) is 0 Å². The van der Waals surface area contributed by atoms with Crippen LogP contribution in [0.1, 0.15) is 27.7 Å². The van der Waals surface area contributed by atoms with Crippen LogP contribution in [0.25, 0.3) is 0 Å². The third-order valence-electron chi connectivity index (χ3n) is 5.28. The number of nitrogens with one attached hydrogen (secondary N) is 1. The zero-order chi connectivity index (χ0) is 20.2. The van der Waals surface area contributed by atoms with Gasteiger partial charge in [-0.25, -0.2) is 4.79 Å². The predicted octanol–water partition coefficient (Wildman–Crippen LogP) is 0.128. The average Bonchev–Trinajstić information content (AvgIpc) is 2.53. The lowest BCUT2D eigenvalue weighted by molar-refractivity contribution is -0.179. The number of aliphatic hydroxyl groups excluding tert-OH is 3. The van der Waals surface area contributed by atoms with Gasteiger partial charge in [0.05, 0.1) is 35.3 Å². The number of halogens is 2. The lowest BCUT2D eigenvalue weighted by Crippen LogP contribution is -2.70. The van der Waals surface area contributed by atoms with Crippen molar-refractivity contribution in [2.24, 2.45) is 17.1 Å². The van der Waals surface area contributed by atoms with Crippen LogP contribution in [0, 0.1) is 11.3 Å². The van der Waals surface area contributed by atoms with E-state index in [1.807, 2.05) is 0 Å². The van der Waals surface area contributed by atoms with Crippen LogP contribution in [0.3, 0.4) is 0 Å². The van der Waals surface area contributed by atoms with Gasteiger partial charge in [-0.1, -0.05) is 13.8 Å². The molecule has 0 spiro atoms. The zero-order valence-corrected chi connectivity index (χ0v) is 16.4. The van der Waals surface area contributed by atoms with Crippen LogP contribution in [0.5, 0.6) is 0 Å². The summed E-state index contributed by atoms with van der Waals surface area (Å²) in [4.78, 5) is 23.5. The van der Waals surface area contributed by atoms with Crippen molar-refractivity contribution in [1.29, 1.82) is 0 Å². The molecular weight excluding hydrogens is 387 g/mol. The van der Waals surface area contributed by atoms with E-state index in [9.17, 15) is 24.9 Å². The molecule has 1 heterocycles. The molecule has 1 aliphatic heterocycles. The van der Waals surface area contributed by atoms with E-state index >= 15 is 0 Å². The first-order valence-electron chi connectivity index (χ1n) is 8.14. The molecule has 0 bridgehead atoms. The Balaban J connectivity index is 2.66. The average molecular weight is 411 g/mol. The molecular formula is C16H24Cl2N2O6. The number of carbonyl (C=O) groups is 2. The second-order valence-corrected chi connectivity index (χ2v) is 8.69. The molecule has 0 saturated carbocycles. The van der Waals surface area contributed by atoms with Gasteiger partial charge in [-0.2, -0.15) is 0 Å². The van der Waals surface area contributed by atoms with E-state index in [-0.39, 0.29) is 5.57 Å². The van der Waals surface area contributed by atoms with Crippen molar-refractivity contribution in [1.82, 2.24) is 5.32 Å². The maximum absolute atomic E-state index is 12.6. The second kappa shape index (κ2) is 6.83. The molecule has 10 heteroatoms. The number of rotatable bonds is 3. The number of amides is 1. The number of alkyl halides is 2. The van der Waals surface area contributed by atoms with Gasteiger partial charge in [-0.05, 0) is 13.8 Å². The minimum Gasteiger partial charge on any atom is -0.511 e. The van der Waals surface area contributed by atoms with Crippen molar-refractivity contribution in [3.63, 3.8) is 0 Å². The molecule has 148 valence electrons. The molecule has 1 saturated heterocycles. The van der Waals surface area contributed by atoms with Gasteiger partial charge < -0.3 is 31.1 Å². The highest BCUT2D eigenvalue weighted by Gasteiger charge is 2.62. The molecule has 1 fully saturated rings. The highest BCUT2D eigenvalue weighted by Crippen LogP contribution is 2.49. The van der Waals surface area contributed by atoms with E-state index in [2.05, 4.69) is 5.32 Å². The van der Waals surface area contributed by atoms with Crippen molar-refractivity contribution in [3.05, 3.63) is 11.3 Å². The standard InChI is InChI=1S/C16H24Cl2N2O6/c1-5(19)12(24)20-9-6-7(13(25)26-16(9,4)14(17)18)10(22)15(2,3)11(23)8(6)21/h5-6,8-9,11,14,21-23H,19H2,1-4H3,(H,20,24)/t5-,6-,8+,9+,11-,16-/m0/s1. The Morgan fingerprint density at radius 3 is 2.31 bits per heavy atom. The van der Waals surface area contributed by atoms with Gasteiger partial charge in [0.1, 0.15) is 10.6 Å². The molecule has 0 aromatic rings. The lowest BCUT2D eigenvalue weighted by atomic mass is 9.63. The maximum Gasteiger partial charge on any atom is 0.338 e. The number of nitrogens with two attached hydrogens (primary N) is 1.